The molecule has 0 saturated carbocycles. The average Bonchev–Trinajstić information content (AvgIpc) is 3.33. The van der Waals surface area contributed by atoms with Crippen LogP contribution in [0.3, 0.4) is 0 Å². The number of para-hydroxylation sites is 2. The molecule has 206 valence electrons. The van der Waals surface area contributed by atoms with E-state index < -0.39 is 8.07 Å². The van der Waals surface area contributed by atoms with Crippen LogP contribution in [0.15, 0.2) is 91.0 Å². The maximum absolute atomic E-state index is 5.61. The standard InChI is InChI=1S/C36H43N3Si/c1-6-8-17-24-36(7-2)26-28-20-15-16-23-31(28)39-34-33(38(35(36)39)29-21-13-10-14-22-29)30(27-18-11-9-12-19-27)25-32(37-34)40(3,4)5/h9-16,18-23,25,35H,6-8,17,24,26H2,1-5H3. The van der Waals surface area contributed by atoms with Gasteiger partial charge in [-0.3, -0.25) is 0 Å². The highest BCUT2D eigenvalue weighted by molar-refractivity contribution is 6.88. The lowest BCUT2D eigenvalue weighted by atomic mass is 9.69. The predicted octanol–water partition coefficient (Wildman–Crippen LogP) is 9.44. The number of nitrogens with zero attached hydrogens (tertiary/aromatic N) is 3. The van der Waals surface area contributed by atoms with Crippen LogP contribution in [0.25, 0.3) is 11.1 Å². The summed E-state index contributed by atoms with van der Waals surface area (Å²) < 4.78 is 0. The van der Waals surface area contributed by atoms with Crippen LogP contribution >= 0.6 is 0 Å². The minimum atomic E-state index is -1.72. The zero-order chi connectivity index (χ0) is 27.9. The molecule has 0 bridgehead atoms. The molecule has 1 aromatic heterocycles. The van der Waals surface area contributed by atoms with Crippen molar-refractivity contribution in [3.8, 4) is 11.1 Å². The number of rotatable bonds is 8. The summed E-state index contributed by atoms with van der Waals surface area (Å²) in [6.45, 7) is 12.0. The van der Waals surface area contributed by atoms with E-state index in [1.807, 2.05) is 0 Å². The summed E-state index contributed by atoms with van der Waals surface area (Å²) in [6, 6.07) is 33.6. The van der Waals surface area contributed by atoms with Gasteiger partial charge in [-0.05, 0) is 54.7 Å². The lowest BCUT2D eigenvalue weighted by molar-refractivity contribution is 0.182. The Bertz CT molecular complexity index is 1480. The molecule has 0 N–H and O–H groups in total. The van der Waals surface area contributed by atoms with E-state index in [0.717, 1.165) is 18.7 Å². The van der Waals surface area contributed by atoms with Crippen LogP contribution in [0.2, 0.25) is 19.6 Å². The Morgan fingerprint density at radius 1 is 0.825 bits per heavy atom. The molecule has 0 aliphatic carbocycles. The number of fused-ring (bicyclic) bond motifs is 5. The van der Waals surface area contributed by atoms with E-state index in [4.69, 9.17) is 4.98 Å². The number of unbranched alkanes of at least 4 members (excludes halogenated alkanes) is 2. The summed E-state index contributed by atoms with van der Waals surface area (Å²) in [6.07, 6.45) is 7.40. The molecule has 0 amide bonds. The summed E-state index contributed by atoms with van der Waals surface area (Å²) in [5.74, 6) is 1.13. The largest absolute Gasteiger partial charge is 0.316 e. The van der Waals surface area contributed by atoms with Crippen LogP contribution in [0, 0.1) is 5.41 Å². The molecule has 2 aliphatic rings. The molecule has 0 saturated heterocycles. The fourth-order valence-corrected chi connectivity index (χ4v) is 7.97. The number of hydrogen-bond donors (Lipinski definition) is 0. The maximum Gasteiger partial charge on any atom is 0.159 e. The van der Waals surface area contributed by atoms with E-state index in [0.29, 0.717) is 0 Å². The van der Waals surface area contributed by atoms with E-state index in [9.17, 15) is 0 Å². The van der Waals surface area contributed by atoms with Gasteiger partial charge in [-0.25, -0.2) is 4.98 Å². The van der Waals surface area contributed by atoms with Crippen molar-refractivity contribution in [1.82, 2.24) is 4.98 Å². The van der Waals surface area contributed by atoms with E-state index >= 15 is 0 Å². The number of benzene rings is 3. The van der Waals surface area contributed by atoms with Gasteiger partial charge in [0.25, 0.3) is 0 Å². The second kappa shape index (κ2) is 10.6. The Morgan fingerprint density at radius 3 is 2.17 bits per heavy atom. The minimum Gasteiger partial charge on any atom is -0.316 e. The van der Waals surface area contributed by atoms with Crippen LogP contribution in [-0.4, -0.2) is 19.2 Å². The van der Waals surface area contributed by atoms with Crippen molar-refractivity contribution in [2.45, 2.75) is 78.2 Å². The average molecular weight is 546 g/mol. The predicted molar refractivity (Wildman–Crippen MR) is 174 cm³/mol. The quantitative estimate of drug-likeness (QED) is 0.162. The lowest BCUT2D eigenvalue weighted by Gasteiger charge is -2.51. The van der Waals surface area contributed by atoms with E-state index in [-0.39, 0.29) is 11.6 Å². The third-order valence-corrected chi connectivity index (χ3v) is 10.9. The molecule has 40 heavy (non-hydrogen) atoms. The first-order valence-electron chi connectivity index (χ1n) is 15.2. The van der Waals surface area contributed by atoms with Crippen molar-refractivity contribution in [3.05, 3.63) is 96.6 Å². The molecule has 4 heteroatoms. The molecule has 2 unspecified atom stereocenters. The maximum atomic E-state index is 5.61. The number of aromatic nitrogens is 1. The molecule has 0 radical (unpaired) electrons. The summed E-state index contributed by atoms with van der Waals surface area (Å²) in [4.78, 5) is 10.9. The van der Waals surface area contributed by atoms with Gasteiger partial charge in [0.05, 0.1) is 5.69 Å². The summed E-state index contributed by atoms with van der Waals surface area (Å²) in [7, 11) is -1.72. The fourth-order valence-electron chi connectivity index (χ4n) is 6.95. The van der Waals surface area contributed by atoms with Gasteiger partial charge in [-0.2, -0.15) is 0 Å². The number of hydrogen-bond acceptors (Lipinski definition) is 3. The van der Waals surface area contributed by atoms with Gasteiger partial charge in [0.2, 0.25) is 0 Å². The summed E-state index contributed by atoms with van der Waals surface area (Å²) in [5, 5.41) is 1.27. The molecule has 4 aromatic rings. The van der Waals surface area contributed by atoms with Gasteiger partial charge in [0.15, 0.2) is 5.82 Å². The minimum absolute atomic E-state index is 0.105. The van der Waals surface area contributed by atoms with Gasteiger partial charge in [-0.15, -0.1) is 0 Å². The Hall–Kier alpha value is -3.37. The van der Waals surface area contributed by atoms with Gasteiger partial charge in [-0.1, -0.05) is 119 Å². The fraction of sp³-hybridized carbons (Fsp3) is 0.361. The molecular formula is C36H43N3Si. The summed E-state index contributed by atoms with van der Waals surface area (Å²) >= 11 is 0. The van der Waals surface area contributed by atoms with Gasteiger partial charge in [0.1, 0.15) is 14.2 Å². The monoisotopic (exact) mass is 545 g/mol. The van der Waals surface area contributed by atoms with Gasteiger partial charge in [0, 0.05) is 27.7 Å². The number of pyridine rings is 1. The highest BCUT2D eigenvalue weighted by Gasteiger charge is 2.54. The van der Waals surface area contributed by atoms with Crippen LogP contribution in [0.5, 0.6) is 0 Å². The van der Waals surface area contributed by atoms with Crippen LogP contribution in [0.4, 0.5) is 22.9 Å². The zero-order valence-electron chi connectivity index (χ0n) is 24.8. The van der Waals surface area contributed by atoms with Crippen LogP contribution in [-0.2, 0) is 6.42 Å². The Morgan fingerprint density at radius 2 is 1.50 bits per heavy atom. The molecular weight excluding hydrogens is 503 g/mol. The van der Waals surface area contributed by atoms with Crippen LogP contribution < -0.4 is 15.1 Å². The Balaban J connectivity index is 1.70. The second-order valence-corrected chi connectivity index (χ2v) is 17.8. The molecule has 0 fully saturated rings. The van der Waals surface area contributed by atoms with Crippen molar-refractivity contribution >= 4 is 36.3 Å². The molecule has 3 nitrogen and oxygen atoms in total. The van der Waals surface area contributed by atoms with E-state index in [1.54, 1.807) is 0 Å². The lowest BCUT2D eigenvalue weighted by Crippen LogP contribution is -2.55. The first kappa shape index (κ1) is 26.8. The van der Waals surface area contributed by atoms with E-state index in [2.05, 4.69) is 134 Å². The van der Waals surface area contributed by atoms with Crippen LogP contribution in [0.1, 0.15) is 51.5 Å². The van der Waals surface area contributed by atoms with Gasteiger partial charge >= 0.3 is 0 Å². The molecule has 2 aliphatic heterocycles. The highest BCUT2D eigenvalue weighted by Crippen LogP contribution is 2.60. The topological polar surface area (TPSA) is 19.4 Å². The Kier molecular flexibility index (Phi) is 7.08. The smallest absolute Gasteiger partial charge is 0.159 e. The third kappa shape index (κ3) is 4.47. The molecule has 6 rings (SSSR count). The van der Waals surface area contributed by atoms with E-state index in [1.165, 1.54) is 64.8 Å². The molecule has 2 atom stereocenters. The second-order valence-electron chi connectivity index (χ2n) is 12.8. The molecule has 3 heterocycles. The van der Waals surface area contributed by atoms with Crippen molar-refractivity contribution in [3.63, 3.8) is 0 Å². The normalized spacial score (nSPS) is 19.8. The number of anilines is 4. The zero-order valence-corrected chi connectivity index (χ0v) is 25.8. The van der Waals surface area contributed by atoms with Crippen molar-refractivity contribution in [2.75, 3.05) is 9.80 Å². The third-order valence-electron chi connectivity index (χ3n) is 9.14. The van der Waals surface area contributed by atoms with Gasteiger partial charge < -0.3 is 9.80 Å². The SMILES string of the molecule is CCCCCC1(CC)Cc2ccccc2N2c3nc([Si](C)(C)C)cc(-c4ccccc4)c3N(c3ccccc3)C21. The van der Waals surface area contributed by atoms with Crippen molar-refractivity contribution < 1.29 is 0 Å². The van der Waals surface area contributed by atoms with Crippen molar-refractivity contribution in [2.24, 2.45) is 5.41 Å². The highest BCUT2D eigenvalue weighted by atomic mass is 28.3. The molecule has 3 aromatic carbocycles. The molecule has 0 spiro atoms. The Labute approximate surface area is 241 Å². The first-order chi connectivity index (χ1) is 19.4. The van der Waals surface area contributed by atoms with Crippen molar-refractivity contribution in [1.29, 1.82) is 0 Å². The first-order valence-corrected chi connectivity index (χ1v) is 18.7. The summed E-state index contributed by atoms with van der Waals surface area (Å²) in [5.41, 5.74) is 7.97.